The van der Waals surface area contributed by atoms with Gasteiger partial charge in [0.25, 0.3) is 0 Å². The van der Waals surface area contributed by atoms with Crippen LogP contribution in [0.3, 0.4) is 0 Å². The summed E-state index contributed by atoms with van der Waals surface area (Å²) in [6.45, 7) is 3.36. The number of ether oxygens (including phenoxy) is 1. The van der Waals surface area contributed by atoms with Gasteiger partial charge in [0.05, 0.1) is 30.3 Å². The Balaban J connectivity index is 1.48. The molecule has 0 spiro atoms. The third-order valence-electron chi connectivity index (χ3n) is 6.65. The van der Waals surface area contributed by atoms with Gasteiger partial charge in [-0.1, -0.05) is 12.1 Å². The lowest BCUT2D eigenvalue weighted by Gasteiger charge is -2.31. The number of hydrogen-bond donors (Lipinski definition) is 3. The van der Waals surface area contributed by atoms with Gasteiger partial charge in [0.1, 0.15) is 6.61 Å². The number of likely N-dealkylation sites (tertiary alicyclic amines) is 1. The maximum absolute atomic E-state index is 11.8. The second-order valence-electron chi connectivity index (χ2n) is 8.87. The zero-order chi connectivity index (χ0) is 25.1. The molecule has 2 aliphatic rings. The van der Waals surface area contributed by atoms with E-state index in [9.17, 15) is 9.59 Å². The van der Waals surface area contributed by atoms with Gasteiger partial charge in [-0.05, 0) is 25.0 Å². The Kier molecular flexibility index (Phi) is 6.96. The molecule has 3 N–H and O–H groups in total. The van der Waals surface area contributed by atoms with Crippen molar-refractivity contribution >= 4 is 34.6 Å². The van der Waals surface area contributed by atoms with E-state index < -0.39 is 6.61 Å². The zero-order valence-electron chi connectivity index (χ0n) is 20.2. The number of rotatable bonds is 5. The number of nitrogens with one attached hydrogen (secondary N) is 2. The number of fused-ring (bicyclic) bond motifs is 1. The number of aliphatic hydroxyl groups excluding tert-OH is 1. The number of carbonyl (C=O) groups is 2. The van der Waals surface area contributed by atoms with Crippen molar-refractivity contribution in [1.82, 2.24) is 30.0 Å². The summed E-state index contributed by atoms with van der Waals surface area (Å²) in [7, 11) is 1.57. The van der Waals surface area contributed by atoms with E-state index in [1.165, 1.54) is 0 Å². The minimum atomic E-state index is -0.461. The van der Waals surface area contributed by atoms with E-state index in [1.54, 1.807) is 11.9 Å². The Labute approximate surface area is 208 Å². The first-order valence-corrected chi connectivity index (χ1v) is 12.1. The maximum atomic E-state index is 11.8. The second-order valence-corrected chi connectivity index (χ2v) is 8.87. The van der Waals surface area contributed by atoms with Crippen LogP contribution in [0.25, 0.3) is 22.3 Å². The van der Waals surface area contributed by atoms with Crippen molar-refractivity contribution in [2.75, 3.05) is 63.3 Å². The van der Waals surface area contributed by atoms with Crippen molar-refractivity contribution in [2.45, 2.75) is 18.9 Å². The summed E-state index contributed by atoms with van der Waals surface area (Å²) < 4.78 is 7.43. The third kappa shape index (κ3) is 4.95. The van der Waals surface area contributed by atoms with E-state index in [0.29, 0.717) is 56.7 Å². The van der Waals surface area contributed by atoms with E-state index in [1.807, 2.05) is 35.1 Å². The molecule has 0 aliphatic carbocycles. The number of nitrogens with zero attached hydrogens (tertiary/aromatic N) is 6. The summed E-state index contributed by atoms with van der Waals surface area (Å²) in [6, 6.07) is 7.37. The highest BCUT2D eigenvalue weighted by Crippen LogP contribution is 2.31. The molecule has 2 fully saturated rings. The van der Waals surface area contributed by atoms with Crippen LogP contribution in [-0.2, 0) is 9.53 Å². The summed E-state index contributed by atoms with van der Waals surface area (Å²) in [6.07, 6.45) is 3.48. The number of piperidine rings is 1. The molecule has 36 heavy (non-hydrogen) atoms. The molecule has 0 saturated carbocycles. The Morgan fingerprint density at radius 2 is 1.81 bits per heavy atom. The smallest absolute Gasteiger partial charge is 0.318 e. The molecule has 0 radical (unpaired) electrons. The van der Waals surface area contributed by atoms with Crippen molar-refractivity contribution in [3.63, 3.8) is 0 Å². The van der Waals surface area contributed by atoms with Crippen LogP contribution in [0.15, 0.2) is 30.5 Å². The van der Waals surface area contributed by atoms with Gasteiger partial charge < -0.3 is 30.3 Å². The number of aliphatic hydroxyl groups is 1. The molecular formula is C24H30N8O4. The monoisotopic (exact) mass is 494 g/mol. The fourth-order valence-corrected chi connectivity index (χ4v) is 4.61. The van der Waals surface area contributed by atoms with Crippen LogP contribution in [-0.4, -0.2) is 94.7 Å². The average Bonchev–Trinajstić information content (AvgIpc) is 3.37. The van der Waals surface area contributed by atoms with E-state index in [2.05, 4.69) is 15.5 Å². The number of benzene rings is 1. The number of aromatic nitrogens is 4. The lowest BCUT2D eigenvalue weighted by molar-refractivity contribution is -0.135. The summed E-state index contributed by atoms with van der Waals surface area (Å²) in [5.41, 5.74) is 2.95. The molecule has 12 nitrogen and oxygen atoms in total. The van der Waals surface area contributed by atoms with Gasteiger partial charge in [-0.15, -0.1) is 0 Å². The van der Waals surface area contributed by atoms with Gasteiger partial charge in [-0.2, -0.15) is 10.1 Å². The molecule has 2 saturated heterocycles. The molecule has 190 valence electrons. The number of urea groups is 1. The van der Waals surface area contributed by atoms with Crippen LogP contribution >= 0.6 is 0 Å². The van der Waals surface area contributed by atoms with E-state index in [4.69, 9.17) is 24.9 Å². The Bertz CT molecular complexity index is 1230. The van der Waals surface area contributed by atoms with E-state index in [-0.39, 0.29) is 18.0 Å². The van der Waals surface area contributed by atoms with Crippen LogP contribution < -0.4 is 15.5 Å². The summed E-state index contributed by atoms with van der Waals surface area (Å²) in [5.74, 6) is 0.374. The minimum Gasteiger partial charge on any atom is -0.387 e. The largest absolute Gasteiger partial charge is 0.387 e. The molecular weight excluding hydrogens is 464 g/mol. The summed E-state index contributed by atoms with van der Waals surface area (Å²) in [4.78, 5) is 37.0. The predicted octanol–water partition coefficient (Wildman–Crippen LogP) is 1.24. The highest BCUT2D eigenvalue weighted by Gasteiger charge is 2.26. The molecule has 0 atom stereocenters. The molecule has 12 heteroatoms. The summed E-state index contributed by atoms with van der Waals surface area (Å²) >= 11 is 0. The molecule has 2 aromatic heterocycles. The molecule has 3 amide bonds. The molecule has 5 rings (SSSR count). The van der Waals surface area contributed by atoms with Gasteiger partial charge in [0.2, 0.25) is 11.9 Å². The molecule has 3 aromatic rings. The van der Waals surface area contributed by atoms with E-state index >= 15 is 0 Å². The van der Waals surface area contributed by atoms with Crippen molar-refractivity contribution < 1.29 is 19.4 Å². The van der Waals surface area contributed by atoms with Crippen LogP contribution in [0.2, 0.25) is 0 Å². The van der Waals surface area contributed by atoms with Crippen molar-refractivity contribution in [1.29, 1.82) is 0 Å². The van der Waals surface area contributed by atoms with Crippen LogP contribution in [0.1, 0.15) is 18.9 Å². The van der Waals surface area contributed by atoms with Crippen molar-refractivity contribution in [3.8, 4) is 11.3 Å². The lowest BCUT2D eigenvalue weighted by Crippen LogP contribution is -2.40. The first-order valence-electron chi connectivity index (χ1n) is 12.1. The van der Waals surface area contributed by atoms with Crippen LogP contribution in [0.5, 0.6) is 0 Å². The zero-order valence-corrected chi connectivity index (χ0v) is 20.2. The standard InChI is InChI=1S/C24H30N8O4/c1-25-24(35)26-17-4-2-16(3-5-17)21-19-14-32(18-6-8-30(9-7-18)20(34)15-33)29-22(19)28-23(27-21)31-10-12-36-13-11-31/h2-5,14,18,33H,6-13,15H2,1H3,(H2,25,26,35). The minimum absolute atomic E-state index is 0.126. The number of carbonyl (C=O) groups excluding carboxylic acids is 2. The summed E-state index contributed by atoms with van der Waals surface area (Å²) in [5, 5.41) is 20.1. The van der Waals surface area contributed by atoms with Gasteiger partial charge in [-0.3, -0.25) is 9.48 Å². The highest BCUT2D eigenvalue weighted by molar-refractivity contribution is 5.92. The van der Waals surface area contributed by atoms with Crippen LogP contribution in [0.4, 0.5) is 16.4 Å². The highest BCUT2D eigenvalue weighted by atomic mass is 16.5. The number of anilines is 2. The van der Waals surface area contributed by atoms with Gasteiger partial charge in [0.15, 0.2) is 5.65 Å². The normalized spacial score (nSPS) is 16.8. The predicted molar refractivity (Wildman–Crippen MR) is 134 cm³/mol. The van der Waals surface area contributed by atoms with Gasteiger partial charge in [-0.25, -0.2) is 9.78 Å². The Morgan fingerprint density at radius 3 is 2.47 bits per heavy atom. The molecule has 0 bridgehead atoms. The number of hydrogen-bond acceptors (Lipinski definition) is 8. The quantitative estimate of drug-likeness (QED) is 0.482. The lowest BCUT2D eigenvalue weighted by atomic mass is 10.1. The van der Waals surface area contributed by atoms with Crippen molar-refractivity contribution in [2.24, 2.45) is 0 Å². The van der Waals surface area contributed by atoms with Gasteiger partial charge in [0, 0.05) is 50.7 Å². The Hall–Kier alpha value is -3.77. The molecule has 0 unspecified atom stereocenters. The second kappa shape index (κ2) is 10.5. The Morgan fingerprint density at radius 1 is 1.08 bits per heavy atom. The SMILES string of the molecule is CNC(=O)Nc1ccc(-c2nc(N3CCOCC3)nc3nn(C4CCN(C(=O)CO)CC4)cc23)cc1. The first kappa shape index (κ1) is 23.9. The fourth-order valence-electron chi connectivity index (χ4n) is 4.61. The topological polar surface area (TPSA) is 138 Å². The maximum Gasteiger partial charge on any atom is 0.318 e. The van der Waals surface area contributed by atoms with Crippen molar-refractivity contribution in [3.05, 3.63) is 30.5 Å². The van der Waals surface area contributed by atoms with Gasteiger partial charge >= 0.3 is 6.03 Å². The molecule has 4 heterocycles. The fraction of sp³-hybridized carbons (Fsp3) is 0.458. The number of morpholine rings is 1. The van der Waals surface area contributed by atoms with Crippen LogP contribution in [0, 0.1) is 0 Å². The first-order chi connectivity index (χ1) is 17.6. The third-order valence-corrected chi connectivity index (χ3v) is 6.65. The van der Waals surface area contributed by atoms with E-state index in [0.717, 1.165) is 29.5 Å². The average molecular weight is 495 g/mol. The molecule has 1 aromatic carbocycles. The number of amides is 3. The molecule has 2 aliphatic heterocycles.